The molecule has 0 unspecified atom stereocenters. The molecule has 0 aliphatic carbocycles. The van der Waals surface area contributed by atoms with Gasteiger partial charge in [0.25, 0.3) is 0 Å². The van der Waals surface area contributed by atoms with Gasteiger partial charge < -0.3 is 31.1 Å². The second-order valence-electron chi connectivity index (χ2n) is 4.93. The molecule has 0 amide bonds. The summed E-state index contributed by atoms with van der Waals surface area (Å²) in [5.41, 5.74) is 4.78. The highest BCUT2D eigenvalue weighted by atomic mass is 16.5. The molecule has 0 aromatic carbocycles. The van der Waals surface area contributed by atoms with Crippen molar-refractivity contribution in [1.82, 2.24) is 5.32 Å². The molecule has 138 valence electrons. The smallest absolute Gasteiger partial charge is 0.303 e. The van der Waals surface area contributed by atoms with Gasteiger partial charge in [0.05, 0.1) is 19.8 Å². The summed E-state index contributed by atoms with van der Waals surface area (Å²) in [5.74, 6) is -1.52. The Kier molecular flexibility index (Phi) is 21.7. The van der Waals surface area contributed by atoms with E-state index in [1.165, 1.54) is 0 Å². The number of carboxylic acids is 2. The van der Waals surface area contributed by atoms with Crippen molar-refractivity contribution < 1.29 is 29.6 Å². The zero-order valence-corrected chi connectivity index (χ0v) is 13.8. The summed E-state index contributed by atoms with van der Waals surface area (Å²) in [6.45, 7) is 4.31. The van der Waals surface area contributed by atoms with Gasteiger partial charge in [-0.05, 0) is 12.8 Å². The van der Waals surface area contributed by atoms with Crippen molar-refractivity contribution in [2.45, 2.75) is 44.9 Å². The number of aliphatic hydroxyl groups is 1. The molecule has 0 aromatic heterocycles. The first kappa shape index (κ1) is 24.0. The predicted molar refractivity (Wildman–Crippen MR) is 87.4 cm³/mol. The Balaban J connectivity index is 0. The fourth-order valence-corrected chi connectivity index (χ4v) is 1.60. The topological polar surface area (TPSA) is 142 Å². The van der Waals surface area contributed by atoms with E-state index >= 15 is 0 Å². The average Bonchev–Trinajstić information content (AvgIpc) is 2.56. The molecule has 0 bridgehead atoms. The highest BCUT2D eigenvalue weighted by Crippen LogP contribution is 2.06. The van der Waals surface area contributed by atoms with Gasteiger partial charge in [-0.3, -0.25) is 9.59 Å². The standard InChI is InChI=1S/C9H16O4.C4H9NO.C2H7NO/c10-8(11)6-4-2-1-3-5-7-9(12)13;1-3-6-4-2-5-1;3-1-2-4/h1-7H2,(H,10,11)(H,12,13);5H,1-4H2;4H,1-3H2. The maximum Gasteiger partial charge on any atom is 0.303 e. The minimum atomic E-state index is -0.759. The van der Waals surface area contributed by atoms with Crippen LogP contribution in [0.4, 0.5) is 0 Å². The maximum atomic E-state index is 10.1. The first-order valence-corrected chi connectivity index (χ1v) is 8.07. The molecule has 8 nitrogen and oxygen atoms in total. The fraction of sp³-hybridized carbons (Fsp3) is 0.867. The summed E-state index contributed by atoms with van der Waals surface area (Å²) in [4.78, 5) is 20.2. The van der Waals surface area contributed by atoms with E-state index < -0.39 is 11.9 Å². The zero-order chi connectivity index (χ0) is 17.8. The molecule has 0 saturated carbocycles. The van der Waals surface area contributed by atoms with E-state index in [9.17, 15) is 9.59 Å². The molecule has 8 heteroatoms. The molecule has 1 rings (SSSR count). The van der Waals surface area contributed by atoms with Crippen molar-refractivity contribution >= 4 is 11.9 Å². The predicted octanol–water partition coefficient (Wildman–Crippen LogP) is 0.430. The van der Waals surface area contributed by atoms with Gasteiger partial charge in [-0.25, -0.2) is 0 Å². The zero-order valence-electron chi connectivity index (χ0n) is 13.8. The minimum absolute atomic E-state index is 0.0972. The highest BCUT2D eigenvalue weighted by Gasteiger charge is 1.98. The van der Waals surface area contributed by atoms with E-state index in [2.05, 4.69) is 5.32 Å². The first-order valence-electron chi connectivity index (χ1n) is 8.07. The Labute approximate surface area is 138 Å². The monoisotopic (exact) mass is 336 g/mol. The SMILES string of the molecule is C1COCCN1.NCCO.O=C(O)CCCCCCCC(=O)O. The molecule has 1 heterocycles. The Bertz CT molecular complexity index is 241. The quantitative estimate of drug-likeness (QED) is 0.382. The Hall–Kier alpha value is -1.22. The number of aliphatic carboxylic acids is 2. The number of nitrogens with one attached hydrogen (secondary N) is 1. The number of unbranched alkanes of at least 4 members (excludes halogenated alkanes) is 4. The summed E-state index contributed by atoms with van der Waals surface area (Å²) in [6, 6.07) is 0. The van der Waals surface area contributed by atoms with Crippen molar-refractivity contribution in [2.24, 2.45) is 5.73 Å². The van der Waals surface area contributed by atoms with Crippen LogP contribution in [0.3, 0.4) is 0 Å². The van der Waals surface area contributed by atoms with Crippen molar-refractivity contribution in [3.63, 3.8) is 0 Å². The van der Waals surface area contributed by atoms with Gasteiger partial charge >= 0.3 is 11.9 Å². The van der Waals surface area contributed by atoms with Gasteiger partial charge in [0.2, 0.25) is 0 Å². The van der Waals surface area contributed by atoms with Gasteiger partial charge in [0, 0.05) is 32.5 Å². The van der Waals surface area contributed by atoms with Crippen molar-refractivity contribution in [2.75, 3.05) is 39.5 Å². The summed E-state index contributed by atoms with van der Waals surface area (Å²) in [5, 5.41) is 27.5. The number of ether oxygens (including phenoxy) is 1. The van der Waals surface area contributed by atoms with Crippen LogP contribution in [-0.4, -0.2) is 66.7 Å². The number of nitrogens with two attached hydrogens (primary N) is 1. The van der Waals surface area contributed by atoms with E-state index in [1.807, 2.05) is 0 Å². The fourth-order valence-electron chi connectivity index (χ4n) is 1.60. The lowest BCUT2D eigenvalue weighted by molar-refractivity contribution is -0.138. The second-order valence-corrected chi connectivity index (χ2v) is 4.93. The number of carboxylic acid groups (broad SMARTS) is 2. The molecule has 1 aliphatic rings. The number of rotatable bonds is 9. The van der Waals surface area contributed by atoms with Crippen LogP contribution in [-0.2, 0) is 14.3 Å². The molecule has 0 atom stereocenters. The molecule has 23 heavy (non-hydrogen) atoms. The third-order valence-electron chi connectivity index (χ3n) is 2.76. The Morgan fingerprint density at radius 1 is 0.913 bits per heavy atom. The normalized spacial score (nSPS) is 13.1. The second kappa shape index (κ2) is 20.8. The van der Waals surface area contributed by atoms with E-state index in [1.54, 1.807) is 0 Å². The van der Waals surface area contributed by atoms with Gasteiger partial charge in [-0.15, -0.1) is 0 Å². The van der Waals surface area contributed by atoms with Crippen LogP contribution in [0.15, 0.2) is 0 Å². The number of hydrogen-bond donors (Lipinski definition) is 5. The van der Waals surface area contributed by atoms with Crippen molar-refractivity contribution in [3.8, 4) is 0 Å². The number of carbonyl (C=O) groups is 2. The summed E-state index contributed by atoms with van der Waals surface area (Å²) >= 11 is 0. The minimum Gasteiger partial charge on any atom is -0.481 e. The van der Waals surface area contributed by atoms with Crippen LogP contribution in [0.25, 0.3) is 0 Å². The van der Waals surface area contributed by atoms with E-state index in [4.69, 9.17) is 25.8 Å². The van der Waals surface area contributed by atoms with Crippen LogP contribution in [0.5, 0.6) is 0 Å². The molecule has 1 fully saturated rings. The van der Waals surface area contributed by atoms with Crippen LogP contribution >= 0.6 is 0 Å². The van der Waals surface area contributed by atoms with Crippen molar-refractivity contribution in [3.05, 3.63) is 0 Å². The summed E-state index contributed by atoms with van der Waals surface area (Å²) in [7, 11) is 0. The molecule has 0 spiro atoms. The van der Waals surface area contributed by atoms with Crippen LogP contribution in [0, 0.1) is 0 Å². The summed E-state index contributed by atoms with van der Waals surface area (Å²) in [6.07, 6.45) is 4.53. The molecule has 1 saturated heterocycles. The maximum absolute atomic E-state index is 10.1. The molecule has 0 aromatic rings. The number of hydrogen-bond acceptors (Lipinski definition) is 6. The van der Waals surface area contributed by atoms with Gasteiger partial charge in [-0.2, -0.15) is 0 Å². The average molecular weight is 336 g/mol. The van der Waals surface area contributed by atoms with Gasteiger partial charge in [0.15, 0.2) is 0 Å². The molecular formula is C15H32N2O6. The Morgan fingerprint density at radius 3 is 1.52 bits per heavy atom. The summed E-state index contributed by atoms with van der Waals surface area (Å²) < 4.78 is 5.01. The highest BCUT2D eigenvalue weighted by molar-refractivity contribution is 5.66. The molecule has 6 N–H and O–H groups in total. The van der Waals surface area contributed by atoms with Crippen LogP contribution in [0.2, 0.25) is 0 Å². The first-order chi connectivity index (χ1) is 11.0. The lowest BCUT2D eigenvalue weighted by Gasteiger charge is -2.10. The van der Waals surface area contributed by atoms with Crippen LogP contribution < -0.4 is 11.1 Å². The van der Waals surface area contributed by atoms with E-state index in [-0.39, 0.29) is 19.4 Å². The molecule has 1 aliphatic heterocycles. The lowest BCUT2D eigenvalue weighted by Crippen LogP contribution is -2.30. The van der Waals surface area contributed by atoms with Gasteiger partial charge in [0.1, 0.15) is 0 Å². The third kappa shape index (κ3) is 29.4. The lowest BCUT2D eigenvalue weighted by atomic mass is 10.1. The Morgan fingerprint density at radius 2 is 1.30 bits per heavy atom. The van der Waals surface area contributed by atoms with E-state index in [0.717, 1.165) is 45.6 Å². The number of aliphatic hydroxyl groups excluding tert-OH is 1. The van der Waals surface area contributed by atoms with Crippen molar-refractivity contribution in [1.29, 1.82) is 0 Å². The molecule has 0 radical (unpaired) electrons. The van der Waals surface area contributed by atoms with Gasteiger partial charge in [-0.1, -0.05) is 19.3 Å². The van der Waals surface area contributed by atoms with Crippen LogP contribution in [0.1, 0.15) is 44.9 Å². The number of morpholine rings is 1. The molecular weight excluding hydrogens is 304 g/mol. The largest absolute Gasteiger partial charge is 0.481 e. The van der Waals surface area contributed by atoms with E-state index in [0.29, 0.717) is 19.4 Å². The third-order valence-corrected chi connectivity index (χ3v) is 2.76.